The van der Waals surface area contributed by atoms with Crippen LogP contribution in [0.4, 0.5) is 0 Å². The van der Waals surface area contributed by atoms with Gasteiger partial charge in [-0.2, -0.15) is 0 Å². The van der Waals surface area contributed by atoms with Crippen molar-refractivity contribution < 1.29 is 19.8 Å². The normalized spacial score (nSPS) is 20.1. The highest BCUT2D eigenvalue weighted by Crippen LogP contribution is 2.40. The SMILES string of the molecule is CC1=C(/C=C/C(C)=C/C=C/C(C)=C/C(=O)C(O)C(=O)O)C(C)(C)CCC1. The molecule has 0 aromatic rings. The third kappa shape index (κ3) is 6.60. The highest BCUT2D eigenvalue weighted by atomic mass is 16.4. The Hall–Kier alpha value is -2.20. The molecule has 4 heteroatoms. The van der Waals surface area contributed by atoms with Gasteiger partial charge >= 0.3 is 5.97 Å². The van der Waals surface area contributed by atoms with Gasteiger partial charge in [-0.05, 0) is 62.7 Å². The lowest BCUT2D eigenvalue weighted by molar-refractivity contribution is -0.150. The molecular formula is C22H30O4. The number of hydrogen-bond donors (Lipinski definition) is 2. The number of carbonyl (C=O) groups excluding carboxylic acids is 1. The van der Waals surface area contributed by atoms with Crippen LogP contribution in [0.15, 0.2) is 58.7 Å². The summed E-state index contributed by atoms with van der Waals surface area (Å²) in [6.07, 6.45) is 12.5. The number of aliphatic carboxylic acids is 1. The number of carboxylic acid groups (broad SMARTS) is 1. The summed E-state index contributed by atoms with van der Waals surface area (Å²) in [5.74, 6) is -2.37. The number of allylic oxidation sites excluding steroid dienone is 9. The minimum atomic E-state index is -2.01. The third-order valence-electron chi connectivity index (χ3n) is 4.65. The van der Waals surface area contributed by atoms with Gasteiger partial charge < -0.3 is 10.2 Å². The second kappa shape index (κ2) is 9.48. The molecule has 2 N–H and O–H groups in total. The maximum atomic E-state index is 11.5. The highest BCUT2D eigenvalue weighted by molar-refractivity contribution is 6.07. The van der Waals surface area contributed by atoms with Gasteiger partial charge in [0, 0.05) is 0 Å². The first-order chi connectivity index (χ1) is 12.0. The fraction of sp³-hybridized carbons (Fsp3) is 0.455. The summed E-state index contributed by atoms with van der Waals surface area (Å²) in [5.41, 5.74) is 4.72. The van der Waals surface area contributed by atoms with Gasteiger partial charge in [0.25, 0.3) is 0 Å². The molecule has 0 aromatic carbocycles. The molecule has 0 spiro atoms. The number of rotatable bonds is 7. The average Bonchev–Trinajstić information content (AvgIpc) is 2.52. The van der Waals surface area contributed by atoms with Crippen LogP contribution in [0.5, 0.6) is 0 Å². The zero-order chi connectivity index (χ0) is 19.9. The maximum absolute atomic E-state index is 11.5. The quantitative estimate of drug-likeness (QED) is 0.398. The molecular weight excluding hydrogens is 328 g/mol. The average molecular weight is 358 g/mol. The van der Waals surface area contributed by atoms with E-state index in [0.717, 1.165) is 18.1 Å². The Balaban J connectivity index is 2.78. The minimum absolute atomic E-state index is 0.208. The van der Waals surface area contributed by atoms with Crippen molar-refractivity contribution in [3.8, 4) is 0 Å². The molecule has 0 heterocycles. The molecule has 1 aliphatic carbocycles. The topological polar surface area (TPSA) is 74.6 Å². The maximum Gasteiger partial charge on any atom is 0.340 e. The largest absolute Gasteiger partial charge is 0.479 e. The van der Waals surface area contributed by atoms with Crippen LogP contribution in [0.2, 0.25) is 0 Å². The van der Waals surface area contributed by atoms with Gasteiger partial charge in [0.2, 0.25) is 6.10 Å². The van der Waals surface area contributed by atoms with Gasteiger partial charge in [0.1, 0.15) is 0 Å². The summed E-state index contributed by atoms with van der Waals surface area (Å²) in [6.45, 7) is 10.5. The van der Waals surface area contributed by atoms with Crippen molar-refractivity contribution in [1.82, 2.24) is 0 Å². The molecule has 1 aliphatic rings. The van der Waals surface area contributed by atoms with Crippen molar-refractivity contribution in [3.05, 3.63) is 58.7 Å². The molecule has 0 aromatic heterocycles. The van der Waals surface area contributed by atoms with Crippen LogP contribution >= 0.6 is 0 Å². The van der Waals surface area contributed by atoms with E-state index >= 15 is 0 Å². The fourth-order valence-electron chi connectivity index (χ4n) is 3.11. The van der Waals surface area contributed by atoms with Gasteiger partial charge in [-0.25, -0.2) is 4.79 Å². The van der Waals surface area contributed by atoms with Gasteiger partial charge in [0.15, 0.2) is 5.78 Å². The summed E-state index contributed by atoms with van der Waals surface area (Å²) in [7, 11) is 0. The van der Waals surface area contributed by atoms with Crippen molar-refractivity contribution in [1.29, 1.82) is 0 Å². The summed E-state index contributed by atoms with van der Waals surface area (Å²) in [6, 6.07) is 0. The molecule has 4 nitrogen and oxygen atoms in total. The number of ketones is 1. The Morgan fingerprint density at radius 3 is 2.38 bits per heavy atom. The van der Waals surface area contributed by atoms with Gasteiger partial charge in [-0.3, -0.25) is 4.79 Å². The number of carbonyl (C=O) groups is 2. The van der Waals surface area contributed by atoms with Crippen LogP contribution < -0.4 is 0 Å². The second-order valence-electron chi connectivity index (χ2n) is 7.57. The third-order valence-corrected chi connectivity index (χ3v) is 4.65. The number of hydrogen-bond acceptors (Lipinski definition) is 3. The van der Waals surface area contributed by atoms with Crippen molar-refractivity contribution >= 4 is 11.8 Å². The van der Waals surface area contributed by atoms with E-state index in [1.54, 1.807) is 19.1 Å². The van der Waals surface area contributed by atoms with Crippen molar-refractivity contribution in [2.24, 2.45) is 5.41 Å². The molecule has 0 amide bonds. The Bertz CT molecular complexity index is 700. The summed E-state index contributed by atoms with van der Waals surface area (Å²) >= 11 is 0. The van der Waals surface area contributed by atoms with E-state index in [9.17, 15) is 14.7 Å². The Kier molecular flexibility index (Phi) is 7.97. The van der Waals surface area contributed by atoms with Crippen LogP contribution in [-0.4, -0.2) is 28.1 Å². The first kappa shape index (κ1) is 21.8. The van der Waals surface area contributed by atoms with E-state index in [1.807, 2.05) is 13.0 Å². The molecule has 0 fully saturated rings. The summed E-state index contributed by atoms with van der Waals surface area (Å²) in [5, 5.41) is 17.8. The lowest BCUT2D eigenvalue weighted by Gasteiger charge is -2.32. The number of aliphatic hydroxyl groups excluding tert-OH is 1. The highest BCUT2D eigenvalue weighted by Gasteiger charge is 2.26. The van der Waals surface area contributed by atoms with Crippen molar-refractivity contribution in [3.63, 3.8) is 0 Å². The van der Waals surface area contributed by atoms with Gasteiger partial charge in [-0.15, -0.1) is 0 Å². The monoisotopic (exact) mass is 358 g/mol. The number of aliphatic hydroxyl groups is 1. The Morgan fingerprint density at radius 2 is 1.81 bits per heavy atom. The molecule has 0 aliphatic heterocycles. The minimum Gasteiger partial charge on any atom is -0.479 e. The van der Waals surface area contributed by atoms with Gasteiger partial charge in [-0.1, -0.05) is 55.4 Å². The van der Waals surface area contributed by atoms with Crippen LogP contribution in [-0.2, 0) is 9.59 Å². The zero-order valence-corrected chi connectivity index (χ0v) is 16.4. The molecule has 0 saturated heterocycles. The summed E-state index contributed by atoms with van der Waals surface area (Å²) < 4.78 is 0. The van der Waals surface area contributed by atoms with Crippen LogP contribution in [0.25, 0.3) is 0 Å². The molecule has 1 rings (SSSR count). The predicted molar refractivity (Wildman–Crippen MR) is 105 cm³/mol. The van der Waals surface area contributed by atoms with Crippen LogP contribution in [0.3, 0.4) is 0 Å². The lowest BCUT2D eigenvalue weighted by Crippen LogP contribution is -2.28. The molecule has 0 radical (unpaired) electrons. The molecule has 26 heavy (non-hydrogen) atoms. The van der Waals surface area contributed by atoms with E-state index < -0.39 is 17.9 Å². The van der Waals surface area contributed by atoms with Crippen LogP contribution in [0, 0.1) is 5.41 Å². The first-order valence-corrected chi connectivity index (χ1v) is 8.91. The van der Waals surface area contributed by atoms with Gasteiger partial charge in [0.05, 0.1) is 0 Å². The molecule has 1 unspecified atom stereocenters. The molecule has 0 saturated carbocycles. The molecule has 142 valence electrons. The zero-order valence-electron chi connectivity index (χ0n) is 16.4. The Labute approximate surface area is 156 Å². The summed E-state index contributed by atoms with van der Waals surface area (Å²) in [4.78, 5) is 22.0. The molecule has 1 atom stereocenters. The lowest BCUT2D eigenvalue weighted by atomic mass is 9.72. The second-order valence-corrected chi connectivity index (χ2v) is 7.57. The van der Waals surface area contributed by atoms with E-state index in [1.165, 1.54) is 24.0 Å². The first-order valence-electron chi connectivity index (χ1n) is 8.91. The molecule has 0 bridgehead atoms. The Morgan fingerprint density at radius 1 is 1.15 bits per heavy atom. The van der Waals surface area contributed by atoms with Crippen LogP contribution in [0.1, 0.15) is 53.9 Å². The number of carboxylic acids is 1. The van der Waals surface area contributed by atoms with Crippen molar-refractivity contribution in [2.45, 2.75) is 60.0 Å². The van der Waals surface area contributed by atoms with E-state index in [2.05, 4.69) is 32.9 Å². The van der Waals surface area contributed by atoms with E-state index in [0.29, 0.717) is 5.57 Å². The fourth-order valence-corrected chi connectivity index (χ4v) is 3.11. The van der Waals surface area contributed by atoms with Crippen molar-refractivity contribution in [2.75, 3.05) is 0 Å². The van der Waals surface area contributed by atoms with E-state index in [4.69, 9.17) is 5.11 Å². The van der Waals surface area contributed by atoms with E-state index in [-0.39, 0.29) is 5.41 Å². The standard InChI is InChI=1S/C22H30O4/c1-15(11-12-18-17(3)10-7-13-22(18,4)5)8-6-9-16(2)14-19(23)20(24)21(25)26/h6,8-9,11-12,14,20,24H,7,10,13H2,1-5H3,(H,25,26)/b9-6+,12-11+,15-8+,16-14+. The smallest absolute Gasteiger partial charge is 0.340 e. The predicted octanol–water partition coefficient (Wildman–Crippen LogP) is 4.53.